The van der Waals surface area contributed by atoms with Gasteiger partial charge in [0.05, 0.1) is 27.4 Å². The Bertz CT molecular complexity index is 546. The molecular weight excluding hydrogens is 300 g/mol. The summed E-state index contributed by atoms with van der Waals surface area (Å²) in [7, 11) is 4.91. The highest BCUT2D eigenvalue weighted by Gasteiger charge is 2.37. The molecule has 4 nitrogen and oxygen atoms in total. The first-order chi connectivity index (χ1) is 10.7. The molecule has 1 fully saturated rings. The van der Waals surface area contributed by atoms with Gasteiger partial charge in [0, 0.05) is 16.6 Å². The van der Waals surface area contributed by atoms with Gasteiger partial charge in [0.1, 0.15) is 0 Å². The molecule has 0 saturated heterocycles. The monoisotopic (exact) mass is 324 g/mol. The molecule has 1 aromatic carbocycles. The van der Waals surface area contributed by atoms with Crippen molar-refractivity contribution >= 4 is 11.8 Å². The smallest absolute Gasteiger partial charge is 0.203 e. The molecule has 3 rings (SSSR count). The van der Waals surface area contributed by atoms with Gasteiger partial charge < -0.3 is 19.3 Å². The lowest BCUT2D eigenvalue weighted by atomic mass is 9.80. The maximum absolute atomic E-state index is 10.6. The number of methoxy groups -OCH3 is 3. The van der Waals surface area contributed by atoms with E-state index >= 15 is 0 Å². The number of hydrogen-bond acceptors (Lipinski definition) is 5. The summed E-state index contributed by atoms with van der Waals surface area (Å²) in [6, 6.07) is 1.93. The number of aliphatic hydroxyl groups excluding tert-OH is 1. The minimum atomic E-state index is -0.487. The molecule has 0 aromatic heterocycles. The van der Waals surface area contributed by atoms with Gasteiger partial charge in [-0.1, -0.05) is 12.8 Å². The van der Waals surface area contributed by atoms with E-state index in [4.69, 9.17) is 14.2 Å². The number of hydrogen-bond donors (Lipinski definition) is 1. The first-order valence-corrected chi connectivity index (χ1v) is 8.88. The van der Waals surface area contributed by atoms with Crippen LogP contribution in [0.1, 0.15) is 48.8 Å². The molecule has 122 valence electrons. The number of rotatable bonds is 3. The standard InChI is InChI=1S/C17H24O4S/c1-19-13-8-11-12(18)9-22-14-7-5-4-6-10(14)15(11)17(21-3)16(13)20-2/h8,10,12,14,18H,4-7,9H2,1-3H3/t10-,12+,14+/m1/s1. The van der Waals surface area contributed by atoms with Gasteiger partial charge in [-0.3, -0.25) is 0 Å². The number of ether oxygens (including phenoxy) is 3. The van der Waals surface area contributed by atoms with Gasteiger partial charge in [-0.2, -0.15) is 11.8 Å². The lowest BCUT2D eigenvalue weighted by molar-refractivity contribution is 0.201. The van der Waals surface area contributed by atoms with Gasteiger partial charge in [-0.05, 0) is 30.4 Å². The van der Waals surface area contributed by atoms with Crippen molar-refractivity contribution in [2.45, 2.75) is 43.0 Å². The van der Waals surface area contributed by atoms with Crippen molar-refractivity contribution in [1.29, 1.82) is 0 Å². The third-order valence-corrected chi connectivity index (χ3v) is 6.30. The Morgan fingerprint density at radius 1 is 1.05 bits per heavy atom. The largest absolute Gasteiger partial charge is 0.493 e. The molecule has 1 aliphatic carbocycles. The van der Waals surface area contributed by atoms with E-state index in [-0.39, 0.29) is 0 Å². The third kappa shape index (κ3) is 2.54. The number of aliphatic hydroxyl groups is 1. The van der Waals surface area contributed by atoms with Crippen LogP contribution in [0.3, 0.4) is 0 Å². The van der Waals surface area contributed by atoms with Crippen molar-refractivity contribution in [3.63, 3.8) is 0 Å². The Kier molecular flexibility index (Phi) is 4.73. The first-order valence-electron chi connectivity index (χ1n) is 7.83. The minimum absolute atomic E-state index is 0.417. The molecule has 0 radical (unpaired) electrons. The lowest BCUT2D eigenvalue weighted by Gasteiger charge is -2.32. The van der Waals surface area contributed by atoms with Gasteiger partial charge in [0.2, 0.25) is 5.75 Å². The SMILES string of the molecule is COc1cc2c(c(OC)c1OC)[C@@H]1CCCC[C@@H]1SC[C@@H]2O. The van der Waals surface area contributed by atoms with Crippen LogP contribution in [0, 0.1) is 0 Å². The highest BCUT2D eigenvalue weighted by molar-refractivity contribution is 8.00. The van der Waals surface area contributed by atoms with Gasteiger partial charge in [0.25, 0.3) is 0 Å². The molecule has 1 saturated carbocycles. The first kappa shape index (κ1) is 15.8. The Labute approximate surface area is 136 Å². The third-order valence-electron chi connectivity index (χ3n) is 4.80. The highest BCUT2D eigenvalue weighted by atomic mass is 32.2. The zero-order chi connectivity index (χ0) is 15.7. The van der Waals surface area contributed by atoms with Gasteiger partial charge >= 0.3 is 0 Å². The fraction of sp³-hybridized carbons (Fsp3) is 0.647. The summed E-state index contributed by atoms with van der Waals surface area (Å²) >= 11 is 1.89. The summed E-state index contributed by atoms with van der Waals surface area (Å²) in [6.45, 7) is 0. The summed E-state index contributed by atoms with van der Waals surface area (Å²) in [5, 5.41) is 11.2. The van der Waals surface area contributed by atoms with E-state index in [9.17, 15) is 5.11 Å². The normalized spacial score (nSPS) is 27.4. The Hall–Kier alpha value is -1.07. The van der Waals surface area contributed by atoms with Gasteiger partial charge in [0.15, 0.2) is 11.5 Å². The second-order valence-electron chi connectivity index (χ2n) is 5.93. The van der Waals surface area contributed by atoms with Crippen LogP contribution in [0.25, 0.3) is 0 Å². The summed E-state index contributed by atoms with van der Waals surface area (Å²) in [6.07, 6.45) is 4.37. The molecule has 2 aliphatic rings. The van der Waals surface area contributed by atoms with Crippen molar-refractivity contribution in [2.75, 3.05) is 27.1 Å². The van der Waals surface area contributed by atoms with Gasteiger partial charge in [-0.25, -0.2) is 0 Å². The van der Waals surface area contributed by atoms with Crippen LogP contribution < -0.4 is 14.2 Å². The maximum Gasteiger partial charge on any atom is 0.203 e. The predicted octanol–water partition coefficient (Wildman–Crippen LogP) is 3.52. The molecule has 1 aromatic rings. The second-order valence-corrected chi connectivity index (χ2v) is 7.20. The molecule has 0 spiro atoms. The summed E-state index contributed by atoms with van der Waals surface area (Å²) in [5.41, 5.74) is 2.07. The molecule has 5 heteroatoms. The molecule has 0 bridgehead atoms. The Balaban J connectivity index is 2.22. The maximum atomic E-state index is 10.6. The molecule has 22 heavy (non-hydrogen) atoms. The molecule has 1 N–H and O–H groups in total. The summed E-state index contributed by atoms with van der Waals surface area (Å²) in [5.74, 6) is 3.13. The van der Waals surface area contributed by atoms with Crippen LogP contribution in [0.5, 0.6) is 17.2 Å². The minimum Gasteiger partial charge on any atom is -0.493 e. The summed E-state index contributed by atoms with van der Waals surface area (Å²) < 4.78 is 16.7. The van der Waals surface area contributed by atoms with Crippen molar-refractivity contribution in [1.82, 2.24) is 0 Å². The Morgan fingerprint density at radius 2 is 1.77 bits per heavy atom. The molecule has 1 aliphatic heterocycles. The molecule has 0 amide bonds. The van der Waals surface area contributed by atoms with Crippen molar-refractivity contribution < 1.29 is 19.3 Å². The lowest BCUT2D eigenvalue weighted by Crippen LogP contribution is -2.20. The summed E-state index contributed by atoms with van der Waals surface area (Å²) in [4.78, 5) is 0. The highest BCUT2D eigenvalue weighted by Crippen LogP contribution is 2.54. The zero-order valence-corrected chi connectivity index (χ0v) is 14.2. The Morgan fingerprint density at radius 3 is 2.45 bits per heavy atom. The van der Waals surface area contributed by atoms with Crippen molar-refractivity contribution in [2.24, 2.45) is 0 Å². The van der Waals surface area contributed by atoms with E-state index in [1.54, 1.807) is 21.3 Å². The van der Waals surface area contributed by atoms with Crippen molar-refractivity contribution in [3.8, 4) is 17.2 Å². The van der Waals surface area contributed by atoms with Crippen LogP contribution in [0.4, 0.5) is 0 Å². The van der Waals surface area contributed by atoms with E-state index in [0.29, 0.717) is 22.7 Å². The van der Waals surface area contributed by atoms with Gasteiger partial charge in [-0.15, -0.1) is 0 Å². The quantitative estimate of drug-likeness (QED) is 0.922. The van der Waals surface area contributed by atoms with E-state index in [0.717, 1.165) is 29.1 Å². The molecule has 3 atom stereocenters. The van der Waals surface area contributed by atoms with Crippen LogP contribution in [-0.2, 0) is 0 Å². The van der Waals surface area contributed by atoms with Crippen LogP contribution in [0.15, 0.2) is 6.07 Å². The van der Waals surface area contributed by atoms with Crippen LogP contribution in [0.2, 0.25) is 0 Å². The van der Waals surface area contributed by atoms with Crippen LogP contribution >= 0.6 is 11.8 Å². The van der Waals surface area contributed by atoms with E-state index in [1.165, 1.54) is 19.3 Å². The number of benzene rings is 1. The van der Waals surface area contributed by atoms with E-state index < -0.39 is 6.10 Å². The van der Waals surface area contributed by atoms with E-state index in [1.807, 2.05) is 17.8 Å². The van der Waals surface area contributed by atoms with Crippen LogP contribution in [-0.4, -0.2) is 37.4 Å². The topological polar surface area (TPSA) is 47.9 Å². The average molecular weight is 324 g/mol. The second kappa shape index (κ2) is 6.59. The predicted molar refractivity (Wildman–Crippen MR) is 88.5 cm³/mol. The number of thioether (sulfide) groups is 1. The molecule has 1 heterocycles. The fourth-order valence-corrected chi connectivity index (χ4v) is 5.23. The van der Waals surface area contributed by atoms with E-state index in [2.05, 4.69) is 0 Å². The van der Waals surface area contributed by atoms with Crippen molar-refractivity contribution in [3.05, 3.63) is 17.2 Å². The number of fused-ring (bicyclic) bond motifs is 3. The fourth-order valence-electron chi connectivity index (χ4n) is 3.79. The molecule has 0 unspecified atom stereocenters. The molecular formula is C17H24O4S. The zero-order valence-electron chi connectivity index (χ0n) is 13.4. The average Bonchev–Trinajstić information content (AvgIpc) is 2.70.